The fourth-order valence-corrected chi connectivity index (χ4v) is 0.445. The zero-order valence-electron chi connectivity index (χ0n) is 4.17. The summed E-state index contributed by atoms with van der Waals surface area (Å²) in [6.45, 7) is -0.517. The Labute approximate surface area is 49.3 Å². The van der Waals surface area contributed by atoms with Crippen molar-refractivity contribution in [3.63, 3.8) is 0 Å². The van der Waals surface area contributed by atoms with Gasteiger partial charge in [0.2, 0.25) is 0 Å². The Kier molecular flexibility index (Phi) is 5.14. The van der Waals surface area contributed by atoms with Gasteiger partial charge in [-0.15, -0.1) is 0 Å². The largest absolute Gasteiger partial charge is 0.301 e. The number of halogens is 1. The third kappa shape index (κ3) is 6.00. The van der Waals surface area contributed by atoms with Crippen molar-refractivity contribution in [2.75, 3.05) is 13.3 Å². The third-order valence-corrected chi connectivity index (χ3v) is 0.830. The minimum Gasteiger partial charge on any atom is -0.284 e. The standard InChI is InChI=1S/C3H7FO3S/c4-2-1-3-7-8(5)6/h1-3H2,(H,5,6). The van der Waals surface area contributed by atoms with Crippen molar-refractivity contribution in [2.45, 2.75) is 6.42 Å². The van der Waals surface area contributed by atoms with Crippen LogP contribution in [0.25, 0.3) is 0 Å². The lowest BCUT2D eigenvalue weighted by molar-refractivity contribution is 0.284. The highest BCUT2D eigenvalue weighted by molar-refractivity contribution is 7.74. The van der Waals surface area contributed by atoms with Gasteiger partial charge in [0, 0.05) is 6.42 Å². The van der Waals surface area contributed by atoms with Crippen molar-refractivity contribution >= 4 is 11.4 Å². The van der Waals surface area contributed by atoms with Crippen molar-refractivity contribution in [2.24, 2.45) is 0 Å². The molecule has 0 aromatic heterocycles. The smallest absolute Gasteiger partial charge is 0.284 e. The highest BCUT2D eigenvalue weighted by atomic mass is 32.2. The fourth-order valence-electron chi connectivity index (χ4n) is 0.185. The number of hydrogen-bond donors (Lipinski definition) is 1. The van der Waals surface area contributed by atoms with Gasteiger partial charge in [-0.05, 0) is 0 Å². The molecule has 8 heavy (non-hydrogen) atoms. The van der Waals surface area contributed by atoms with Gasteiger partial charge in [0.25, 0.3) is 0 Å². The van der Waals surface area contributed by atoms with E-state index in [0.29, 0.717) is 0 Å². The molecule has 0 bridgehead atoms. The molecule has 0 aliphatic rings. The Morgan fingerprint density at radius 1 is 1.75 bits per heavy atom. The second-order valence-corrected chi connectivity index (χ2v) is 1.75. The molecule has 5 heteroatoms. The zero-order chi connectivity index (χ0) is 6.41. The first kappa shape index (κ1) is 8.00. The summed E-state index contributed by atoms with van der Waals surface area (Å²) >= 11 is -2.23. The molecule has 1 N–H and O–H groups in total. The van der Waals surface area contributed by atoms with Crippen LogP contribution in [0, 0.1) is 0 Å². The number of alkyl halides is 1. The first-order chi connectivity index (χ1) is 3.77. The van der Waals surface area contributed by atoms with E-state index in [9.17, 15) is 8.60 Å². The van der Waals surface area contributed by atoms with Crippen LogP contribution in [0.4, 0.5) is 4.39 Å². The van der Waals surface area contributed by atoms with Crippen molar-refractivity contribution in [1.82, 2.24) is 0 Å². The Bertz CT molecular complexity index is 76.9. The van der Waals surface area contributed by atoms with Gasteiger partial charge in [-0.3, -0.25) is 13.1 Å². The molecule has 0 radical (unpaired) electrons. The van der Waals surface area contributed by atoms with Crippen LogP contribution in [0.15, 0.2) is 0 Å². The summed E-state index contributed by atoms with van der Waals surface area (Å²) in [4.78, 5) is 0. The van der Waals surface area contributed by atoms with E-state index in [1.165, 1.54) is 0 Å². The van der Waals surface area contributed by atoms with Crippen LogP contribution in [-0.2, 0) is 15.5 Å². The molecule has 0 heterocycles. The van der Waals surface area contributed by atoms with E-state index in [0.717, 1.165) is 0 Å². The minimum absolute atomic E-state index is 0.000386. The molecule has 0 amide bonds. The minimum atomic E-state index is -2.23. The van der Waals surface area contributed by atoms with Crippen molar-refractivity contribution in [3.8, 4) is 0 Å². The zero-order valence-corrected chi connectivity index (χ0v) is 4.99. The van der Waals surface area contributed by atoms with Gasteiger partial charge in [0.05, 0.1) is 13.3 Å². The molecule has 3 nitrogen and oxygen atoms in total. The van der Waals surface area contributed by atoms with Crippen molar-refractivity contribution < 1.29 is 17.3 Å². The summed E-state index contributed by atoms with van der Waals surface area (Å²) in [5.74, 6) is 0. The number of hydrogen-bond acceptors (Lipinski definition) is 2. The Morgan fingerprint density at radius 3 is 2.75 bits per heavy atom. The van der Waals surface area contributed by atoms with Gasteiger partial charge in [0.15, 0.2) is 0 Å². The predicted octanol–water partition coefficient (Wildman–Crippen LogP) is 0.499. The molecule has 0 fully saturated rings. The van der Waals surface area contributed by atoms with Crippen LogP contribution in [0.1, 0.15) is 6.42 Å². The molecular formula is C3H7FO3S. The summed E-state index contributed by atoms with van der Waals surface area (Å²) in [6.07, 6.45) is 0.173. The second-order valence-electron chi connectivity index (χ2n) is 1.08. The first-order valence-electron chi connectivity index (χ1n) is 2.07. The lowest BCUT2D eigenvalue weighted by atomic mass is 10.5. The van der Waals surface area contributed by atoms with Crippen molar-refractivity contribution in [3.05, 3.63) is 0 Å². The van der Waals surface area contributed by atoms with E-state index in [2.05, 4.69) is 4.18 Å². The average molecular weight is 142 g/mol. The molecule has 0 rings (SSSR count). The summed E-state index contributed by atoms with van der Waals surface area (Å²) in [5, 5.41) is 0. The molecule has 0 aromatic rings. The van der Waals surface area contributed by atoms with E-state index in [-0.39, 0.29) is 13.0 Å². The molecule has 50 valence electrons. The van der Waals surface area contributed by atoms with E-state index < -0.39 is 18.0 Å². The Balaban J connectivity index is 2.82. The molecule has 0 aliphatic carbocycles. The molecule has 1 atom stereocenters. The predicted molar refractivity (Wildman–Crippen MR) is 27.3 cm³/mol. The summed E-state index contributed by atoms with van der Waals surface area (Å²) in [5.41, 5.74) is 0. The topological polar surface area (TPSA) is 46.5 Å². The quantitative estimate of drug-likeness (QED) is 0.459. The van der Waals surface area contributed by atoms with E-state index in [1.807, 2.05) is 0 Å². The average Bonchev–Trinajstić information content (AvgIpc) is 1.66. The highest BCUT2D eigenvalue weighted by Crippen LogP contribution is 1.84. The molecule has 0 saturated carbocycles. The highest BCUT2D eigenvalue weighted by Gasteiger charge is 1.90. The van der Waals surface area contributed by atoms with Crippen LogP contribution >= 0.6 is 0 Å². The fraction of sp³-hybridized carbons (Fsp3) is 1.00. The van der Waals surface area contributed by atoms with Gasteiger partial charge in [-0.25, -0.2) is 0 Å². The van der Waals surface area contributed by atoms with Crippen LogP contribution in [-0.4, -0.2) is 22.0 Å². The lowest BCUT2D eigenvalue weighted by Crippen LogP contribution is -1.97. The van der Waals surface area contributed by atoms with E-state index in [1.54, 1.807) is 0 Å². The SMILES string of the molecule is O=S(O)OCCCF. The van der Waals surface area contributed by atoms with Crippen LogP contribution < -0.4 is 0 Å². The Morgan fingerprint density at radius 2 is 2.38 bits per heavy atom. The molecule has 0 aliphatic heterocycles. The van der Waals surface area contributed by atoms with Crippen molar-refractivity contribution in [1.29, 1.82) is 0 Å². The van der Waals surface area contributed by atoms with Gasteiger partial charge in [-0.1, -0.05) is 0 Å². The van der Waals surface area contributed by atoms with Gasteiger partial charge in [0.1, 0.15) is 0 Å². The maximum Gasteiger partial charge on any atom is 0.301 e. The molecule has 0 saturated heterocycles. The maximum absolute atomic E-state index is 11.2. The Hall–Kier alpha value is -0.0000000000000000555. The first-order valence-corrected chi connectivity index (χ1v) is 3.10. The van der Waals surface area contributed by atoms with Crippen LogP contribution in [0.2, 0.25) is 0 Å². The van der Waals surface area contributed by atoms with Crippen LogP contribution in [0.5, 0.6) is 0 Å². The van der Waals surface area contributed by atoms with Gasteiger partial charge < -0.3 is 0 Å². The summed E-state index contributed by atoms with van der Waals surface area (Å²) in [7, 11) is 0. The van der Waals surface area contributed by atoms with Crippen LogP contribution in [0.3, 0.4) is 0 Å². The summed E-state index contributed by atoms with van der Waals surface area (Å²) < 4.78 is 32.8. The monoisotopic (exact) mass is 142 g/mol. The molecular weight excluding hydrogens is 135 g/mol. The molecule has 0 aromatic carbocycles. The van der Waals surface area contributed by atoms with Gasteiger partial charge >= 0.3 is 11.4 Å². The lowest BCUT2D eigenvalue weighted by Gasteiger charge is -1.91. The molecule has 1 unspecified atom stereocenters. The normalized spacial score (nSPS) is 13.8. The number of rotatable bonds is 4. The van der Waals surface area contributed by atoms with E-state index >= 15 is 0 Å². The van der Waals surface area contributed by atoms with E-state index in [4.69, 9.17) is 4.55 Å². The van der Waals surface area contributed by atoms with Gasteiger partial charge in [-0.2, -0.15) is 4.21 Å². The third-order valence-electron chi connectivity index (χ3n) is 0.462. The maximum atomic E-state index is 11.2. The second kappa shape index (κ2) is 5.14. The summed E-state index contributed by atoms with van der Waals surface area (Å²) in [6, 6.07) is 0. The molecule has 0 spiro atoms.